The van der Waals surface area contributed by atoms with Gasteiger partial charge in [0.25, 0.3) is 0 Å². The summed E-state index contributed by atoms with van der Waals surface area (Å²) in [6, 6.07) is 0.0766. The molecule has 0 fully saturated rings. The molecule has 1 aromatic rings. The van der Waals surface area contributed by atoms with E-state index in [0.29, 0.717) is 5.92 Å². The van der Waals surface area contributed by atoms with Crippen molar-refractivity contribution in [2.24, 2.45) is 11.8 Å². The summed E-state index contributed by atoms with van der Waals surface area (Å²) in [5.74, 6) is 7.08. The molecule has 0 radical (unpaired) electrons. The first-order valence-electron chi connectivity index (χ1n) is 6.12. The van der Waals surface area contributed by atoms with E-state index in [-0.39, 0.29) is 12.1 Å². The maximum atomic E-state index is 5.63. The zero-order chi connectivity index (χ0) is 12.8. The third-order valence-electron chi connectivity index (χ3n) is 3.08. The smallest absolute Gasteiger partial charge is 0.110 e. The fraction of sp³-hybridized carbons (Fsp3) is 0.750. The minimum absolute atomic E-state index is 0.0766. The highest BCUT2D eigenvalue weighted by Crippen LogP contribution is 2.13. The van der Waals surface area contributed by atoms with Crippen LogP contribution in [-0.4, -0.2) is 28.8 Å². The first-order valence-corrected chi connectivity index (χ1v) is 6.12. The molecule has 1 heterocycles. The zero-order valence-electron chi connectivity index (χ0n) is 11.2. The second-order valence-corrected chi connectivity index (χ2v) is 4.55. The van der Waals surface area contributed by atoms with Crippen LogP contribution < -0.4 is 11.3 Å². The lowest BCUT2D eigenvalue weighted by Crippen LogP contribution is -2.48. The number of hydrogen-bond donors (Lipinski definition) is 2. The van der Waals surface area contributed by atoms with Crippen LogP contribution in [0.3, 0.4) is 0 Å². The van der Waals surface area contributed by atoms with Gasteiger partial charge in [-0.2, -0.15) is 0 Å². The predicted octanol–water partition coefficient (Wildman–Crippen LogP) is 0.948. The van der Waals surface area contributed by atoms with E-state index in [9.17, 15) is 0 Å². The highest BCUT2D eigenvalue weighted by molar-refractivity contribution is 4.97. The number of rotatable bonds is 7. The van der Waals surface area contributed by atoms with Crippen LogP contribution >= 0.6 is 0 Å². The molecule has 1 rings (SSSR count). The zero-order valence-corrected chi connectivity index (χ0v) is 11.2. The molecular weight excluding hydrogens is 216 g/mol. The lowest BCUT2D eigenvalue weighted by atomic mass is 9.97. The van der Waals surface area contributed by atoms with E-state index >= 15 is 0 Å². The quantitative estimate of drug-likeness (QED) is 0.550. The summed E-state index contributed by atoms with van der Waals surface area (Å²) in [6.07, 6.45) is 4.67. The van der Waals surface area contributed by atoms with Gasteiger partial charge in [0.15, 0.2) is 0 Å². The normalized spacial score (nSPS) is 15.2. The van der Waals surface area contributed by atoms with Crippen LogP contribution in [0.15, 0.2) is 12.4 Å². The molecule has 2 unspecified atom stereocenters. The molecule has 5 nitrogen and oxygen atoms in total. The number of aryl methyl sites for hydroxylation is 1. The van der Waals surface area contributed by atoms with E-state index in [1.54, 1.807) is 7.11 Å². The molecule has 3 N–H and O–H groups in total. The molecule has 98 valence electrons. The van der Waals surface area contributed by atoms with Crippen LogP contribution in [0.5, 0.6) is 0 Å². The Morgan fingerprint density at radius 1 is 1.53 bits per heavy atom. The Bertz CT molecular complexity index is 324. The molecule has 0 aromatic carbocycles. The number of nitrogens with one attached hydrogen (secondary N) is 1. The molecule has 0 bridgehead atoms. The van der Waals surface area contributed by atoms with Crippen LogP contribution in [0.1, 0.15) is 26.6 Å². The number of imidazole rings is 1. The summed E-state index contributed by atoms with van der Waals surface area (Å²) in [7, 11) is 1.72. The third-order valence-corrected chi connectivity index (χ3v) is 3.08. The van der Waals surface area contributed by atoms with Crippen molar-refractivity contribution in [3.63, 3.8) is 0 Å². The van der Waals surface area contributed by atoms with Gasteiger partial charge in [0.05, 0.1) is 12.1 Å². The van der Waals surface area contributed by atoms with Crippen molar-refractivity contribution >= 4 is 0 Å². The van der Waals surface area contributed by atoms with E-state index in [0.717, 1.165) is 18.8 Å². The predicted molar refractivity (Wildman–Crippen MR) is 68.4 cm³/mol. The number of nitrogens with two attached hydrogens (primary N) is 1. The van der Waals surface area contributed by atoms with Crippen molar-refractivity contribution in [3.8, 4) is 0 Å². The van der Waals surface area contributed by atoms with Crippen LogP contribution in [0.4, 0.5) is 0 Å². The molecule has 0 spiro atoms. The molecule has 0 saturated carbocycles. The van der Waals surface area contributed by atoms with Crippen molar-refractivity contribution in [1.29, 1.82) is 0 Å². The van der Waals surface area contributed by atoms with Crippen LogP contribution in [-0.2, 0) is 17.7 Å². The van der Waals surface area contributed by atoms with Crippen molar-refractivity contribution < 1.29 is 4.74 Å². The first kappa shape index (κ1) is 14.2. The number of ether oxygens (including phenoxy) is 1. The second kappa shape index (κ2) is 6.74. The molecule has 0 amide bonds. The average Bonchev–Trinajstić information content (AvgIpc) is 2.75. The van der Waals surface area contributed by atoms with E-state index in [1.165, 1.54) is 0 Å². The van der Waals surface area contributed by atoms with Crippen LogP contribution in [0.25, 0.3) is 0 Å². The lowest BCUT2D eigenvalue weighted by Gasteiger charge is -2.28. The van der Waals surface area contributed by atoms with Crippen molar-refractivity contribution in [1.82, 2.24) is 15.0 Å². The Morgan fingerprint density at radius 3 is 2.71 bits per heavy atom. The molecule has 1 aromatic heterocycles. The number of nitrogens with zero attached hydrogens (tertiary/aromatic N) is 2. The summed E-state index contributed by atoms with van der Waals surface area (Å²) in [5, 5.41) is 0. The van der Waals surface area contributed by atoms with Gasteiger partial charge in [0.2, 0.25) is 0 Å². The Labute approximate surface area is 103 Å². The van der Waals surface area contributed by atoms with Crippen LogP contribution in [0, 0.1) is 5.92 Å². The van der Waals surface area contributed by atoms with E-state index < -0.39 is 0 Å². The monoisotopic (exact) mass is 240 g/mol. The summed E-state index contributed by atoms with van der Waals surface area (Å²) in [6.45, 7) is 7.29. The van der Waals surface area contributed by atoms with Gasteiger partial charge < -0.3 is 9.30 Å². The van der Waals surface area contributed by atoms with Gasteiger partial charge in [-0.25, -0.2) is 4.98 Å². The highest BCUT2D eigenvalue weighted by Gasteiger charge is 2.24. The van der Waals surface area contributed by atoms with Gasteiger partial charge in [-0.1, -0.05) is 13.8 Å². The minimum atomic E-state index is 0.0766. The molecular formula is C12H24N4O. The van der Waals surface area contributed by atoms with Gasteiger partial charge in [-0.3, -0.25) is 11.3 Å². The fourth-order valence-electron chi connectivity index (χ4n) is 2.19. The van der Waals surface area contributed by atoms with Crippen molar-refractivity contribution in [3.05, 3.63) is 18.2 Å². The average molecular weight is 240 g/mol. The molecule has 0 aliphatic heterocycles. The number of hydrogen-bond acceptors (Lipinski definition) is 4. The van der Waals surface area contributed by atoms with Crippen molar-refractivity contribution in [2.75, 3.05) is 7.11 Å². The van der Waals surface area contributed by atoms with Gasteiger partial charge in [-0.15, -0.1) is 0 Å². The molecule has 0 saturated heterocycles. The highest BCUT2D eigenvalue weighted by atomic mass is 16.5. The Morgan fingerprint density at radius 2 is 2.24 bits per heavy atom. The molecule has 5 heteroatoms. The first-order chi connectivity index (χ1) is 8.13. The number of aromatic nitrogens is 2. The summed E-state index contributed by atoms with van der Waals surface area (Å²) in [4.78, 5) is 4.36. The third kappa shape index (κ3) is 3.52. The van der Waals surface area contributed by atoms with Gasteiger partial charge in [0.1, 0.15) is 5.82 Å². The van der Waals surface area contributed by atoms with Gasteiger partial charge in [-0.05, 0) is 12.8 Å². The topological polar surface area (TPSA) is 65.1 Å². The maximum absolute atomic E-state index is 5.63. The summed E-state index contributed by atoms with van der Waals surface area (Å²) in [5.41, 5.74) is 2.85. The Hall–Kier alpha value is -0.910. The Kier molecular flexibility index (Phi) is 5.61. The van der Waals surface area contributed by atoms with E-state index in [4.69, 9.17) is 10.6 Å². The lowest BCUT2D eigenvalue weighted by molar-refractivity contribution is 0.0325. The maximum Gasteiger partial charge on any atom is 0.110 e. The Balaban J connectivity index is 2.75. The fourth-order valence-corrected chi connectivity index (χ4v) is 2.19. The standard InChI is InChI=1S/C12H24N4O/c1-5-16-7-6-14-11(16)8-10(15-13)12(17-4)9(2)3/h6-7,9-10,12,15H,5,8,13H2,1-4H3. The summed E-state index contributed by atoms with van der Waals surface area (Å²) >= 11 is 0. The summed E-state index contributed by atoms with van der Waals surface area (Å²) < 4.78 is 7.63. The number of methoxy groups -OCH3 is 1. The molecule has 2 atom stereocenters. The number of hydrazine groups is 1. The van der Waals surface area contributed by atoms with Gasteiger partial charge >= 0.3 is 0 Å². The van der Waals surface area contributed by atoms with E-state index in [2.05, 4.69) is 35.7 Å². The molecule has 17 heavy (non-hydrogen) atoms. The van der Waals surface area contributed by atoms with Crippen molar-refractivity contribution in [2.45, 2.75) is 45.9 Å². The largest absolute Gasteiger partial charge is 0.379 e. The van der Waals surface area contributed by atoms with E-state index in [1.807, 2.05) is 12.4 Å². The second-order valence-electron chi connectivity index (χ2n) is 4.55. The van der Waals surface area contributed by atoms with Crippen LogP contribution in [0.2, 0.25) is 0 Å². The van der Waals surface area contributed by atoms with Gasteiger partial charge in [0, 0.05) is 32.5 Å². The molecule has 0 aliphatic rings. The SMILES string of the molecule is CCn1ccnc1CC(NN)C(OC)C(C)C. The minimum Gasteiger partial charge on any atom is -0.379 e. The molecule has 0 aliphatic carbocycles.